The zero-order chi connectivity index (χ0) is 9.42. The van der Waals surface area contributed by atoms with Crippen molar-refractivity contribution in [1.82, 2.24) is 4.98 Å². The van der Waals surface area contributed by atoms with Gasteiger partial charge in [-0.15, -0.1) is 11.3 Å². The zero-order valence-corrected chi connectivity index (χ0v) is 7.34. The van der Waals surface area contributed by atoms with Gasteiger partial charge in [-0.05, 0) is 12.1 Å². The number of rotatable bonds is 1. The van der Waals surface area contributed by atoms with Crippen molar-refractivity contribution < 1.29 is 9.90 Å². The van der Waals surface area contributed by atoms with Crippen LogP contribution in [-0.2, 0) is 0 Å². The van der Waals surface area contributed by atoms with Crippen molar-refractivity contribution in [1.29, 1.82) is 0 Å². The predicted octanol–water partition coefficient (Wildman–Crippen LogP) is 1.58. The summed E-state index contributed by atoms with van der Waals surface area (Å²) < 4.78 is 0. The Kier molecular flexibility index (Phi) is 1.66. The van der Waals surface area contributed by atoms with Crippen molar-refractivity contribution in [3.63, 3.8) is 0 Å². The van der Waals surface area contributed by atoms with Gasteiger partial charge >= 0.3 is 5.97 Å². The van der Waals surface area contributed by atoms with E-state index < -0.39 is 5.97 Å². The van der Waals surface area contributed by atoms with Gasteiger partial charge in [0.2, 0.25) is 0 Å². The van der Waals surface area contributed by atoms with Gasteiger partial charge in [-0.1, -0.05) is 0 Å². The first kappa shape index (κ1) is 8.00. The Bertz CT molecular complexity index is 478. The Morgan fingerprint density at radius 2 is 2.38 bits per heavy atom. The van der Waals surface area contributed by atoms with E-state index in [1.54, 1.807) is 18.3 Å². The topological polar surface area (TPSA) is 76.2 Å². The summed E-state index contributed by atoms with van der Waals surface area (Å²) in [6.07, 6.45) is 1.61. The second-order valence-corrected chi connectivity index (χ2v) is 3.51. The second kappa shape index (κ2) is 2.70. The van der Waals surface area contributed by atoms with Crippen molar-refractivity contribution >= 4 is 33.2 Å². The molecule has 4 nitrogen and oxygen atoms in total. The molecular weight excluding hydrogens is 188 g/mol. The van der Waals surface area contributed by atoms with Crippen LogP contribution < -0.4 is 5.73 Å². The molecule has 3 N–H and O–H groups in total. The predicted molar refractivity (Wildman–Crippen MR) is 51.0 cm³/mol. The number of anilines is 1. The molecule has 13 heavy (non-hydrogen) atoms. The zero-order valence-electron chi connectivity index (χ0n) is 6.52. The summed E-state index contributed by atoms with van der Waals surface area (Å²) in [6, 6.07) is 3.50. The normalized spacial score (nSPS) is 10.5. The van der Waals surface area contributed by atoms with Crippen LogP contribution in [0.3, 0.4) is 0 Å². The Balaban J connectivity index is 2.81. The highest BCUT2D eigenvalue weighted by Crippen LogP contribution is 2.31. The molecule has 66 valence electrons. The number of pyridine rings is 1. The number of aromatic carboxylic acids is 1. The number of nitrogens with two attached hydrogens (primary N) is 1. The molecule has 0 aliphatic heterocycles. The molecule has 0 amide bonds. The summed E-state index contributed by atoms with van der Waals surface area (Å²) in [5, 5.41) is 9.48. The highest BCUT2D eigenvalue weighted by molar-refractivity contribution is 7.21. The molecule has 2 aromatic rings. The van der Waals surface area contributed by atoms with Crippen molar-refractivity contribution in [2.24, 2.45) is 0 Å². The molecule has 0 saturated carbocycles. The molecule has 0 unspecified atom stereocenters. The van der Waals surface area contributed by atoms with Gasteiger partial charge < -0.3 is 10.8 Å². The SMILES string of the molecule is Nc1c(C(=O)O)sc2ncccc12. The van der Waals surface area contributed by atoms with E-state index in [1.807, 2.05) is 0 Å². The summed E-state index contributed by atoms with van der Waals surface area (Å²) in [7, 11) is 0. The van der Waals surface area contributed by atoms with Gasteiger partial charge in [0, 0.05) is 11.6 Å². The average Bonchev–Trinajstić information content (AvgIpc) is 2.45. The molecule has 5 heteroatoms. The number of carbonyl (C=O) groups is 1. The van der Waals surface area contributed by atoms with E-state index in [1.165, 1.54) is 0 Å². The van der Waals surface area contributed by atoms with E-state index in [0.717, 1.165) is 11.3 Å². The number of nitrogens with zero attached hydrogens (tertiary/aromatic N) is 1. The molecule has 0 aliphatic carbocycles. The molecule has 2 heterocycles. The van der Waals surface area contributed by atoms with Crippen LogP contribution in [0.5, 0.6) is 0 Å². The van der Waals surface area contributed by atoms with Gasteiger partial charge in [0.05, 0.1) is 5.69 Å². The van der Waals surface area contributed by atoms with Crippen LogP contribution in [0.2, 0.25) is 0 Å². The Labute approximate surface area is 77.6 Å². The Morgan fingerprint density at radius 1 is 1.62 bits per heavy atom. The van der Waals surface area contributed by atoms with Gasteiger partial charge in [-0.25, -0.2) is 9.78 Å². The lowest BCUT2D eigenvalue weighted by Gasteiger charge is -1.90. The number of fused-ring (bicyclic) bond motifs is 1. The van der Waals surface area contributed by atoms with Crippen molar-refractivity contribution in [2.45, 2.75) is 0 Å². The van der Waals surface area contributed by atoms with Crippen LogP contribution in [-0.4, -0.2) is 16.1 Å². The van der Waals surface area contributed by atoms with E-state index in [-0.39, 0.29) is 4.88 Å². The third-order valence-electron chi connectivity index (χ3n) is 1.70. The Morgan fingerprint density at radius 3 is 3.00 bits per heavy atom. The molecule has 0 fully saturated rings. The van der Waals surface area contributed by atoms with E-state index >= 15 is 0 Å². The quantitative estimate of drug-likeness (QED) is 0.722. The van der Waals surface area contributed by atoms with E-state index in [9.17, 15) is 4.79 Å². The van der Waals surface area contributed by atoms with Gasteiger partial charge in [-0.2, -0.15) is 0 Å². The van der Waals surface area contributed by atoms with Gasteiger partial charge in [0.15, 0.2) is 0 Å². The third kappa shape index (κ3) is 1.13. The number of hydrogen-bond acceptors (Lipinski definition) is 4. The number of carboxylic acids is 1. The minimum Gasteiger partial charge on any atom is -0.477 e. The molecule has 0 aliphatic rings. The fraction of sp³-hybridized carbons (Fsp3) is 0. The van der Waals surface area contributed by atoms with Gasteiger partial charge in [0.1, 0.15) is 9.71 Å². The van der Waals surface area contributed by atoms with Crippen LogP contribution in [0.4, 0.5) is 5.69 Å². The van der Waals surface area contributed by atoms with Crippen LogP contribution in [0.1, 0.15) is 9.67 Å². The summed E-state index contributed by atoms with van der Waals surface area (Å²) >= 11 is 1.10. The third-order valence-corrected chi connectivity index (χ3v) is 2.82. The fourth-order valence-corrected chi connectivity index (χ4v) is 2.01. The smallest absolute Gasteiger partial charge is 0.348 e. The summed E-state index contributed by atoms with van der Waals surface area (Å²) in [4.78, 5) is 15.5. The molecular formula is C8H6N2O2S. The highest BCUT2D eigenvalue weighted by Gasteiger charge is 2.14. The maximum absolute atomic E-state index is 10.7. The molecule has 0 atom stereocenters. The highest BCUT2D eigenvalue weighted by atomic mass is 32.1. The first-order chi connectivity index (χ1) is 6.20. The van der Waals surface area contributed by atoms with Crippen LogP contribution in [0.15, 0.2) is 18.3 Å². The standard InChI is InChI=1S/C8H6N2O2S/c9-5-4-2-1-3-10-7(4)13-6(5)8(11)12/h1-3H,9H2,(H,11,12). The summed E-state index contributed by atoms with van der Waals surface area (Å²) in [5.41, 5.74) is 5.94. The van der Waals surface area contributed by atoms with Crippen molar-refractivity contribution in [2.75, 3.05) is 5.73 Å². The number of thiophene rings is 1. The maximum atomic E-state index is 10.7. The molecule has 0 aromatic carbocycles. The second-order valence-electron chi connectivity index (χ2n) is 2.51. The lowest BCUT2D eigenvalue weighted by Crippen LogP contribution is -1.96. The number of hydrogen-bond donors (Lipinski definition) is 2. The van der Waals surface area contributed by atoms with E-state index in [2.05, 4.69) is 4.98 Å². The Hall–Kier alpha value is -1.62. The average molecular weight is 194 g/mol. The molecule has 0 saturated heterocycles. The maximum Gasteiger partial charge on any atom is 0.348 e. The minimum absolute atomic E-state index is 0.161. The molecule has 2 aromatic heterocycles. The minimum atomic E-state index is -1.000. The number of aromatic nitrogens is 1. The molecule has 2 rings (SSSR count). The first-order valence-electron chi connectivity index (χ1n) is 3.56. The first-order valence-corrected chi connectivity index (χ1v) is 4.38. The van der Waals surface area contributed by atoms with Crippen LogP contribution in [0.25, 0.3) is 10.2 Å². The number of carboxylic acid groups (broad SMARTS) is 1. The van der Waals surface area contributed by atoms with E-state index in [0.29, 0.717) is 15.9 Å². The van der Waals surface area contributed by atoms with Crippen molar-refractivity contribution in [3.05, 3.63) is 23.2 Å². The van der Waals surface area contributed by atoms with Gasteiger partial charge in [0.25, 0.3) is 0 Å². The lowest BCUT2D eigenvalue weighted by molar-refractivity contribution is 0.0703. The molecule has 0 bridgehead atoms. The van der Waals surface area contributed by atoms with Gasteiger partial charge in [-0.3, -0.25) is 0 Å². The number of nitrogen functional groups attached to an aromatic ring is 1. The lowest BCUT2D eigenvalue weighted by atomic mass is 10.3. The fourth-order valence-electron chi connectivity index (χ4n) is 1.11. The van der Waals surface area contributed by atoms with Crippen LogP contribution >= 0.6 is 11.3 Å². The monoisotopic (exact) mass is 194 g/mol. The summed E-state index contributed by atoms with van der Waals surface area (Å²) in [5.74, 6) is -1.000. The largest absolute Gasteiger partial charge is 0.477 e. The van der Waals surface area contributed by atoms with Crippen LogP contribution in [0, 0.1) is 0 Å². The molecule has 0 radical (unpaired) electrons. The van der Waals surface area contributed by atoms with E-state index in [4.69, 9.17) is 10.8 Å². The molecule has 0 spiro atoms. The van der Waals surface area contributed by atoms with Crippen molar-refractivity contribution in [3.8, 4) is 0 Å². The summed E-state index contributed by atoms with van der Waals surface area (Å²) in [6.45, 7) is 0.